The second-order valence-electron chi connectivity index (χ2n) is 2.82. The lowest BCUT2D eigenvalue weighted by Gasteiger charge is -2.02. The maximum absolute atomic E-state index is 12.4. The maximum atomic E-state index is 12.4. The summed E-state index contributed by atoms with van der Waals surface area (Å²) in [6, 6.07) is 4.47. The number of hydrogen-bond acceptors (Lipinski definition) is 3. The van der Waals surface area contributed by atoms with Crippen LogP contribution in [0.15, 0.2) is 18.2 Å². The second-order valence-corrected chi connectivity index (χ2v) is 3.28. The molecule has 0 radical (unpaired) electrons. The van der Waals surface area contributed by atoms with Crippen molar-refractivity contribution in [2.24, 2.45) is 0 Å². The fraction of sp³-hybridized carbons (Fsp3) is 0.250. The molecule has 0 aromatic carbocycles. The molecule has 2 aromatic heterocycles. The molecular weight excluding hydrogens is 291 g/mol. The molecule has 16 heavy (non-hydrogen) atoms. The Morgan fingerprint density at radius 2 is 2.12 bits per heavy atom. The van der Waals surface area contributed by atoms with Crippen LogP contribution in [-0.4, -0.2) is 20.1 Å². The van der Waals surface area contributed by atoms with Crippen molar-refractivity contribution < 1.29 is 17.9 Å². The third-order valence-electron chi connectivity index (χ3n) is 1.78. The number of fused-ring (bicyclic) bond motifs is 1. The Labute approximate surface area is 96.2 Å². The van der Waals surface area contributed by atoms with E-state index < -0.39 is 12.0 Å². The number of rotatable bonds is 2. The summed E-state index contributed by atoms with van der Waals surface area (Å²) in [4.78, 5) is 3.36. The van der Waals surface area contributed by atoms with Crippen LogP contribution >= 0.6 is 15.9 Å². The van der Waals surface area contributed by atoms with Gasteiger partial charge in [0.15, 0.2) is 5.65 Å². The molecule has 4 nitrogen and oxygen atoms in total. The predicted molar refractivity (Wildman–Crippen MR) is 52.4 cm³/mol. The van der Waals surface area contributed by atoms with Crippen molar-refractivity contribution >= 4 is 21.6 Å². The largest absolute Gasteiger partial charge is 0.466 e. The zero-order valence-corrected chi connectivity index (χ0v) is 9.29. The number of hydrogen-bond donors (Lipinski definition) is 0. The van der Waals surface area contributed by atoms with Crippen molar-refractivity contribution in [1.82, 2.24) is 14.6 Å². The molecule has 0 bridgehead atoms. The SMILES string of the molecule is FC(F)(F)c1nc2cccc(OCBr)n2n1. The van der Waals surface area contributed by atoms with Gasteiger partial charge in [0, 0.05) is 6.07 Å². The third-order valence-corrected chi connectivity index (χ3v) is 2.01. The highest BCUT2D eigenvalue weighted by atomic mass is 79.9. The van der Waals surface area contributed by atoms with Crippen LogP contribution < -0.4 is 4.74 Å². The zero-order chi connectivity index (χ0) is 11.8. The summed E-state index contributed by atoms with van der Waals surface area (Å²) in [6.45, 7) is 0. The van der Waals surface area contributed by atoms with Gasteiger partial charge < -0.3 is 4.74 Å². The first-order chi connectivity index (χ1) is 7.52. The van der Waals surface area contributed by atoms with Crippen molar-refractivity contribution in [1.29, 1.82) is 0 Å². The normalized spacial score (nSPS) is 12.0. The molecule has 0 aliphatic heterocycles. The Hall–Kier alpha value is -1.31. The highest BCUT2D eigenvalue weighted by Gasteiger charge is 2.36. The minimum atomic E-state index is -4.56. The van der Waals surface area contributed by atoms with Gasteiger partial charge in [-0.2, -0.15) is 17.7 Å². The number of halogens is 4. The quantitative estimate of drug-likeness (QED) is 0.799. The molecule has 86 valence electrons. The van der Waals surface area contributed by atoms with E-state index in [4.69, 9.17) is 4.74 Å². The van der Waals surface area contributed by atoms with Gasteiger partial charge >= 0.3 is 6.18 Å². The molecule has 0 N–H and O–H groups in total. The Morgan fingerprint density at radius 1 is 1.38 bits per heavy atom. The van der Waals surface area contributed by atoms with E-state index in [1.165, 1.54) is 12.1 Å². The van der Waals surface area contributed by atoms with Crippen LogP contribution in [0.1, 0.15) is 5.82 Å². The van der Waals surface area contributed by atoms with Gasteiger partial charge in [-0.25, -0.2) is 4.98 Å². The van der Waals surface area contributed by atoms with Crippen molar-refractivity contribution in [3.05, 3.63) is 24.0 Å². The van der Waals surface area contributed by atoms with E-state index in [9.17, 15) is 13.2 Å². The average molecular weight is 296 g/mol. The lowest BCUT2D eigenvalue weighted by Crippen LogP contribution is -2.08. The molecule has 0 aliphatic carbocycles. The Morgan fingerprint density at radius 3 is 2.75 bits per heavy atom. The van der Waals surface area contributed by atoms with Crippen LogP contribution in [-0.2, 0) is 6.18 Å². The van der Waals surface area contributed by atoms with Crippen LogP contribution in [0.2, 0.25) is 0 Å². The summed E-state index contributed by atoms with van der Waals surface area (Å²) in [7, 11) is 0. The number of aromatic nitrogens is 3. The first kappa shape index (κ1) is 11.2. The van der Waals surface area contributed by atoms with Gasteiger partial charge in [0.2, 0.25) is 5.88 Å². The van der Waals surface area contributed by atoms with E-state index in [1.54, 1.807) is 6.07 Å². The number of ether oxygens (including phenoxy) is 1. The minimum absolute atomic E-state index is 0.0887. The van der Waals surface area contributed by atoms with E-state index in [-0.39, 0.29) is 17.0 Å². The van der Waals surface area contributed by atoms with Crippen molar-refractivity contribution in [2.75, 3.05) is 5.52 Å². The summed E-state index contributed by atoms with van der Waals surface area (Å²) < 4.78 is 43.1. The zero-order valence-electron chi connectivity index (χ0n) is 7.70. The third kappa shape index (κ3) is 1.97. The summed E-state index contributed by atoms with van der Waals surface area (Å²) in [6.07, 6.45) is -4.56. The van der Waals surface area contributed by atoms with Crippen LogP contribution in [0.3, 0.4) is 0 Å². The molecule has 0 atom stereocenters. The van der Waals surface area contributed by atoms with Gasteiger partial charge in [-0.1, -0.05) is 6.07 Å². The number of nitrogens with zero attached hydrogens (tertiary/aromatic N) is 3. The smallest absolute Gasteiger partial charge is 0.453 e. The number of pyridine rings is 1. The summed E-state index contributed by atoms with van der Waals surface area (Å²) >= 11 is 3.01. The van der Waals surface area contributed by atoms with Crippen LogP contribution in [0, 0.1) is 0 Å². The molecule has 2 aromatic rings. The fourth-order valence-electron chi connectivity index (χ4n) is 1.17. The first-order valence-electron chi connectivity index (χ1n) is 4.14. The van der Waals surface area contributed by atoms with Gasteiger partial charge in [-0.3, -0.25) is 0 Å². The van der Waals surface area contributed by atoms with E-state index >= 15 is 0 Å². The van der Waals surface area contributed by atoms with Crippen LogP contribution in [0.25, 0.3) is 5.65 Å². The number of alkyl halides is 4. The monoisotopic (exact) mass is 295 g/mol. The lowest BCUT2D eigenvalue weighted by atomic mass is 10.5. The van der Waals surface area contributed by atoms with Crippen LogP contribution in [0.4, 0.5) is 13.2 Å². The van der Waals surface area contributed by atoms with Crippen molar-refractivity contribution in [3.63, 3.8) is 0 Å². The van der Waals surface area contributed by atoms with Gasteiger partial charge in [0.05, 0.1) is 0 Å². The van der Waals surface area contributed by atoms with E-state index in [2.05, 4.69) is 26.0 Å². The summed E-state index contributed by atoms with van der Waals surface area (Å²) in [5.74, 6) is -0.990. The standard InChI is InChI=1S/C8H5BrF3N3O/c9-4-16-6-3-1-2-5-13-7(8(10,11)12)14-15(5)6/h1-3H,4H2. The molecule has 2 rings (SSSR count). The maximum Gasteiger partial charge on any atom is 0.453 e. The first-order valence-corrected chi connectivity index (χ1v) is 5.26. The lowest BCUT2D eigenvalue weighted by molar-refractivity contribution is -0.144. The molecule has 0 saturated carbocycles. The Bertz CT molecular complexity index is 511. The molecule has 8 heteroatoms. The Kier molecular flexibility index (Phi) is 2.75. The molecule has 0 amide bonds. The van der Waals surface area contributed by atoms with E-state index in [1.807, 2.05) is 0 Å². The molecule has 0 spiro atoms. The van der Waals surface area contributed by atoms with Crippen molar-refractivity contribution in [3.8, 4) is 5.88 Å². The highest BCUT2D eigenvalue weighted by molar-refractivity contribution is 9.09. The molecule has 0 unspecified atom stereocenters. The van der Waals surface area contributed by atoms with E-state index in [0.717, 1.165) is 4.52 Å². The highest BCUT2D eigenvalue weighted by Crippen LogP contribution is 2.27. The fourth-order valence-corrected chi connectivity index (χ4v) is 1.40. The van der Waals surface area contributed by atoms with Crippen molar-refractivity contribution in [2.45, 2.75) is 6.18 Å². The van der Waals surface area contributed by atoms with Gasteiger partial charge in [0.25, 0.3) is 5.82 Å². The van der Waals surface area contributed by atoms with Gasteiger partial charge in [-0.05, 0) is 22.0 Å². The van der Waals surface area contributed by atoms with Gasteiger partial charge in [-0.15, -0.1) is 5.10 Å². The Balaban J connectivity index is 2.57. The van der Waals surface area contributed by atoms with E-state index in [0.29, 0.717) is 0 Å². The molecule has 0 fully saturated rings. The molecule has 2 heterocycles. The molecule has 0 saturated heterocycles. The van der Waals surface area contributed by atoms with Crippen LogP contribution in [0.5, 0.6) is 5.88 Å². The average Bonchev–Trinajstić information content (AvgIpc) is 2.62. The minimum Gasteiger partial charge on any atom is -0.466 e. The molecule has 0 aliphatic rings. The second kappa shape index (κ2) is 3.93. The summed E-state index contributed by atoms with van der Waals surface area (Å²) in [5, 5.41) is 3.34. The summed E-state index contributed by atoms with van der Waals surface area (Å²) in [5.41, 5.74) is 0.249. The predicted octanol–water partition coefficient (Wildman–Crippen LogP) is 2.48. The molecular formula is C8H5BrF3N3O. The van der Waals surface area contributed by atoms with Gasteiger partial charge in [0.1, 0.15) is 5.52 Å². The topological polar surface area (TPSA) is 39.4 Å².